The van der Waals surface area contributed by atoms with Crippen LogP contribution in [0.4, 0.5) is 0 Å². The maximum Gasteiger partial charge on any atom is 0.335 e. The predicted octanol–water partition coefficient (Wildman–Crippen LogP) is 4.99. The molecule has 3 rings (SSSR count). The van der Waals surface area contributed by atoms with Gasteiger partial charge in [-0.1, -0.05) is 25.3 Å². The second-order valence-electron chi connectivity index (χ2n) is 6.71. The van der Waals surface area contributed by atoms with Gasteiger partial charge < -0.3 is 29.9 Å². The van der Waals surface area contributed by atoms with E-state index in [9.17, 15) is 14.4 Å². The van der Waals surface area contributed by atoms with Crippen molar-refractivity contribution in [1.29, 1.82) is 0 Å². The summed E-state index contributed by atoms with van der Waals surface area (Å²) in [7, 11) is 0. The van der Waals surface area contributed by atoms with Gasteiger partial charge in [0.05, 0.1) is 16.7 Å². The lowest BCUT2D eigenvalue weighted by molar-refractivity contribution is 0.0686. The van der Waals surface area contributed by atoms with Crippen molar-refractivity contribution in [2.24, 2.45) is 0 Å². The highest BCUT2D eigenvalue weighted by molar-refractivity contribution is 5.88. The Morgan fingerprint density at radius 1 is 0.583 bits per heavy atom. The topological polar surface area (TPSA) is 151 Å². The van der Waals surface area contributed by atoms with Crippen LogP contribution in [-0.2, 0) is 0 Å². The summed E-state index contributed by atoms with van der Waals surface area (Å²) in [6.45, 7) is 7.85. The molecule has 3 aromatic rings. The standard InChI is InChI=1S/2C10H10O3.C7H6O3/c2*1-2-7-13-9-5-3-8(4-6-9)10(11)12;8-6-3-1-5(2-4-6)7(9)10/h2*2-6H,1,7H2,(H,11,12);1-4,8H,(H,9,10). The molecule has 0 aliphatic carbocycles. The second-order valence-corrected chi connectivity index (χ2v) is 6.71. The minimum absolute atomic E-state index is 0.0741. The fraction of sp³-hybridized carbons (Fsp3) is 0.0741. The normalized spacial score (nSPS) is 9.22. The molecule has 0 spiro atoms. The van der Waals surface area contributed by atoms with Crippen LogP contribution >= 0.6 is 0 Å². The number of ether oxygens (including phenoxy) is 2. The van der Waals surface area contributed by atoms with Gasteiger partial charge in [-0.15, -0.1) is 0 Å². The van der Waals surface area contributed by atoms with Crippen molar-refractivity contribution in [3.05, 3.63) is 115 Å². The number of rotatable bonds is 9. The second kappa shape index (κ2) is 15.7. The minimum Gasteiger partial charge on any atom is -0.508 e. The smallest absolute Gasteiger partial charge is 0.335 e. The quantitative estimate of drug-likeness (QED) is 0.302. The zero-order valence-corrected chi connectivity index (χ0v) is 19.2. The molecule has 0 bridgehead atoms. The Bertz CT molecular complexity index is 1070. The molecule has 0 aliphatic heterocycles. The van der Waals surface area contributed by atoms with Crippen molar-refractivity contribution >= 4 is 17.9 Å². The van der Waals surface area contributed by atoms with E-state index in [1.807, 2.05) is 0 Å². The molecule has 0 radical (unpaired) electrons. The van der Waals surface area contributed by atoms with Gasteiger partial charge in [0.1, 0.15) is 30.5 Å². The molecule has 0 fully saturated rings. The fourth-order valence-electron chi connectivity index (χ4n) is 2.30. The van der Waals surface area contributed by atoms with Gasteiger partial charge in [0.25, 0.3) is 0 Å². The van der Waals surface area contributed by atoms with Crippen LogP contribution in [0.1, 0.15) is 31.1 Å². The highest BCUT2D eigenvalue weighted by atomic mass is 16.5. The molecule has 9 nitrogen and oxygen atoms in total. The van der Waals surface area contributed by atoms with Crippen LogP contribution in [0.15, 0.2) is 98.1 Å². The third-order valence-corrected chi connectivity index (χ3v) is 4.05. The van der Waals surface area contributed by atoms with Gasteiger partial charge in [0, 0.05) is 0 Å². The van der Waals surface area contributed by atoms with E-state index in [1.165, 1.54) is 48.5 Å². The zero-order valence-electron chi connectivity index (χ0n) is 19.2. The molecule has 0 saturated carbocycles. The van der Waals surface area contributed by atoms with Crippen LogP contribution in [0.5, 0.6) is 17.2 Å². The summed E-state index contributed by atoms with van der Waals surface area (Å²) >= 11 is 0. The summed E-state index contributed by atoms with van der Waals surface area (Å²) < 4.78 is 10.4. The number of phenols is 1. The van der Waals surface area contributed by atoms with E-state index in [4.69, 9.17) is 29.9 Å². The predicted molar refractivity (Wildman–Crippen MR) is 133 cm³/mol. The molecule has 4 N–H and O–H groups in total. The lowest BCUT2D eigenvalue weighted by atomic mass is 10.2. The van der Waals surface area contributed by atoms with Crippen LogP contribution in [0.3, 0.4) is 0 Å². The number of carboxylic acids is 3. The molecule has 3 aromatic carbocycles. The highest BCUT2D eigenvalue weighted by Crippen LogP contribution is 2.13. The lowest BCUT2D eigenvalue weighted by Crippen LogP contribution is -1.97. The summed E-state index contributed by atoms with van der Waals surface area (Å²) in [6, 6.07) is 17.8. The number of phenolic OH excluding ortho intramolecular Hbond substituents is 1. The number of carboxylic acid groups (broad SMARTS) is 3. The first-order valence-corrected chi connectivity index (χ1v) is 10.3. The Hall–Kier alpha value is -5.05. The maximum atomic E-state index is 10.5. The Morgan fingerprint density at radius 3 is 1.11 bits per heavy atom. The maximum absolute atomic E-state index is 10.5. The minimum atomic E-state index is -0.986. The van der Waals surface area contributed by atoms with Crippen LogP contribution in [0, 0.1) is 0 Å². The Morgan fingerprint density at radius 2 is 0.861 bits per heavy atom. The van der Waals surface area contributed by atoms with Gasteiger partial charge in [-0.25, -0.2) is 14.4 Å². The SMILES string of the molecule is C=CCOc1ccc(C(=O)O)cc1.C=CCOc1ccc(C(=O)O)cc1.O=C(O)c1ccc(O)cc1. The largest absolute Gasteiger partial charge is 0.508 e. The molecular weight excluding hydrogens is 468 g/mol. The zero-order chi connectivity index (χ0) is 26.9. The summed E-state index contributed by atoms with van der Waals surface area (Å²) in [6.07, 6.45) is 3.26. The van der Waals surface area contributed by atoms with Crippen molar-refractivity contribution in [3.8, 4) is 17.2 Å². The van der Waals surface area contributed by atoms with Crippen LogP contribution in [0.2, 0.25) is 0 Å². The van der Waals surface area contributed by atoms with Gasteiger partial charge in [-0.2, -0.15) is 0 Å². The number of hydrogen-bond acceptors (Lipinski definition) is 6. The molecule has 36 heavy (non-hydrogen) atoms. The van der Waals surface area contributed by atoms with Gasteiger partial charge in [0.15, 0.2) is 0 Å². The Balaban J connectivity index is 0.000000273. The summed E-state index contributed by atoms with van der Waals surface area (Å²) in [5.41, 5.74) is 0.690. The van der Waals surface area contributed by atoms with E-state index in [0.717, 1.165) is 0 Å². The number of benzene rings is 3. The Kier molecular flexibility index (Phi) is 12.7. The first-order chi connectivity index (χ1) is 17.2. The molecule has 0 heterocycles. The van der Waals surface area contributed by atoms with Crippen molar-refractivity contribution in [1.82, 2.24) is 0 Å². The van der Waals surface area contributed by atoms with E-state index in [0.29, 0.717) is 24.7 Å². The molecular formula is C27H26O9. The van der Waals surface area contributed by atoms with Gasteiger partial charge in [-0.3, -0.25) is 0 Å². The molecule has 0 atom stereocenters. The fourth-order valence-corrected chi connectivity index (χ4v) is 2.30. The summed E-state index contributed by atoms with van der Waals surface area (Å²) in [4.78, 5) is 31.2. The van der Waals surface area contributed by atoms with E-state index in [-0.39, 0.29) is 22.4 Å². The van der Waals surface area contributed by atoms with Gasteiger partial charge in [-0.05, 0) is 72.8 Å². The number of hydrogen-bond donors (Lipinski definition) is 4. The molecule has 0 unspecified atom stereocenters. The van der Waals surface area contributed by atoms with Crippen molar-refractivity contribution in [2.75, 3.05) is 13.2 Å². The molecule has 0 aromatic heterocycles. The average molecular weight is 494 g/mol. The van der Waals surface area contributed by atoms with Crippen LogP contribution < -0.4 is 9.47 Å². The van der Waals surface area contributed by atoms with Crippen molar-refractivity contribution in [3.63, 3.8) is 0 Å². The average Bonchev–Trinajstić information content (AvgIpc) is 2.87. The van der Waals surface area contributed by atoms with Gasteiger partial charge >= 0.3 is 17.9 Å². The highest BCUT2D eigenvalue weighted by Gasteiger charge is 2.02. The summed E-state index contributed by atoms with van der Waals surface area (Å²) in [5.74, 6) is -1.50. The van der Waals surface area contributed by atoms with Crippen LogP contribution in [0.25, 0.3) is 0 Å². The van der Waals surface area contributed by atoms with Crippen molar-refractivity contribution < 1.29 is 44.3 Å². The Labute approximate surface area is 207 Å². The third kappa shape index (κ3) is 11.2. The summed E-state index contributed by atoms with van der Waals surface area (Å²) in [5, 5.41) is 34.3. The number of aromatic carboxylic acids is 3. The van der Waals surface area contributed by atoms with Gasteiger partial charge in [0.2, 0.25) is 0 Å². The van der Waals surface area contributed by atoms with Crippen molar-refractivity contribution in [2.45, 2.75) is 0 Å². The molecule has 0 saturated heterocycles. The molecule has 188 valence electrons. The number of carbonyl (C=O) groups is 3. The van der Waals surface area contributed by atoms with E-state index >= 15 is 0 Å². The van der Waals surface area contributed by atoms with E-state index < -0.39 is 17.9 Å². The third-order valence-electron chi connectivity index (χ3n) is 4.05. The molecule has 0 amide bonds. The monoisotopic (exact) mass is 494 g/mol. The van der Waals surface area contributed by atoms with E-state index in [2.05, 4.69) is 13.2 Å². The lowest BCUT2D eigenvalue weighted by Gasteiger charge is -2.02. The molecule has 9 heteroatoms. The first kappa shape index (κ1) is 29.0. The van der Waals surface area contributed by atoms with Crippen LogP contribution in [-0.4, -0.2) is 51.5 Å². The van der Waals surface area contributed by atoms with E-state index in [1.54, 1.807) is 36.4 Å². The first-order valence-electron chi connectivity index (χ1n) is 10.3. The molecule has 0 aliphatic rings. The number of aromatic hydroxyl groups is 1.